The molecule has 5 rings (SSSR count). The summed E-state index contributed by atoms with van der Waals surface area (Å²) < 4.78 is 1.87. The number of carboxylic acids is 1. The van der Waals surface area contributed by atoms with Crippen molar-refractivity contribution < 1.29 is 9.90 Å². The largest absolute Gasteiger partial charge is 0.475 e. The van der Waals surface area contributed by atoms with E-state index in [-0.39, 0.29) is 11.2 Å². The standard InChI is InChI=1S/C16H22N2O2/c1-9-13(18(2)14(17-9)15(19)20)16-6-10-3-11(7-16)5-12(4-10)8-16/h10-12H,3-8H2,1-2H3,(H,19,20). The highest BCUT2D eigenvalue weighted by Crippen LogP contribution is 2.61. The monoisotopic (exact) mass is 274 g/mol. The van der Waals surface area contributed by atoms with Crippen molar-refractivity contribution in [3.8, 4) is 0 Å². The highest BCUT2D eigenvalue weighted by molar-refractivity contribution is 5.84. The molecule has 0 aliphatic heterocycles. The van der Waals surface area contributed by atoms with E-state index in [2.05, 4.69) is 4.98 Å². The lowest BCUT2D eigenvalue weighted by atomic mass is 9.48. The van der Waals surface area contributed by atoms with E-state index in [0.717, 1.165) is 23.4 Å². The first-order valence-corrected chi connectivity index (χ1v) is 7.75. The van der Waals surface area contributed by atoms with Crippen LogP contribution >= 0.6 is 0 Å². The van der Waals surface area contributed by atoms with E-state index in [1.807, 2.05) is 18.5 Å². The lowest BCUT2D eigenvalue weighted by molar-refractivity contribution is -0.00884. The van der Waals surface area contributed by atoms with E-state index in [0.29, 0.717) is 0 Å². The molecule has 1 heterocycles. The Morgan fingerprint density at radius 3 is 2.10 bits per heavy atom. The van der Waals surface area contributed by atoms with Gasteiger partial charge in [0, 0.05) is 18.2 Å². The maximum absolute atomic E-state index is 11.3. The quantitative estimate of drug-likeness (QED) is 0.902. The molecule has 0 spiro atoms. The molecular weight excluding hydrogens is 252 g/mol. The van der Waals surface area contributed by atoms with Gasteiger partial charge in [0.05, 0.1) is 5.69 Å². The van der Waals surface area contributed by atoms with E-state index in [1.165, 1.54) is 44.2 Å². The van der Waals surface area contributed by atoms with E-state index >= 15 is 0 Å². The predicted octanol–water partition coefficient (Wildman–Crippen LogP) is 2.89. The van der Waals surface area contributed by atoms with E-state index in [9.17, 15) is 9.90 Å². The van der Waals surface area contributed by atoms with Gasteiger partial charge in [-0.1, -0.05) is 0 Å². The summed E-state index contributed by atoms with van der Waals surface area (Å²) in [6.45, 7) is 1.99. The van der Waals surface area contributed by atoms with Gasteiger partial charge in [-0.3, -0.25) is 0 Å². The van der Waals surface area contributed by atoms with Crippen LogP contribution in [0, 0.1) is 24.7 Å². The molecule has 4 aliphatic rings. The molecule has 4 nitrogen and oxygen atoms in total. The Hall–Kier alpha value is -1.32. The second kappa shape index (κ2) is 3.86. The van der Waals surface area contributed by atoms with Crippen LogP contribution in [0.5, 0.6) is 0 Å². The maximum atomic E-state index is 11.3. The first-order valence-electron chi connectivity index (χ1n) is 7.75. The van der Waals surface area contributed by atoms with Crippen LogP contribution in [-0.2, 0) is 12.5 Å². The van der Waals surface area contributed by atoms with Crippen LogP contribution in [-0.4, -0.2) is 20.6 Å². The van der Waals surface area contributed by atoms with Gasteiger partial charge in [0.15, 0.2) is 0 Å². The molecule has 4 heteroatoms. The first-order chi connectivity index (χ1) is 9.48. The second-order valence-electron chi connectivity index (χ2n) is 7.43. The number of imidazole rings is 1. The van der Waals surface area contributed by atoms with Gasteiger partial charge in [0.25, 0.3) is 0 Å². The smallest absolute Gasteiger partial charge is 0.372 e. The zero-order valence-corrected chi connectivity index (χ0v) is 12.2. The minimum absolute atomic E-state index is 0.202. The number of hydrogen-bond acceptors (Lipinski definition) is 2. The van der Waals surface area contributed by atoms with Crippen molar-refractivity contribution in [2.24, 2.45) is 24.8 Å². The fourth-order valence-electron chi connectivity index (χ4n) is 5.97. The van der Waals surface area contributed by atoms with Gasteiger partial charge < -0.3 is 9.67 Å². The zero-order chi connectivity index (χ0) is 14.1. The first kappa shape index (κ1) is 12.4. The second-order valence-corrected chi connectivity index (χ2v) is 7.43. The van der Waals surface area contributed by atoms with Crippen LogP contribution < -0.4 is 0 Å². The van der Waals surface area contributed by atoms with Crippen molar-refractivity contribution in [3.05, 3.63) is 17.2 Å². The summed E-state index contributed by atoms with van der Waals surface area (Å²) in [5.41, 5.74) is 2.37. The summed E-state index contributed by atoms with van der Waals surface area (Å²) in [4.78, 5) is 15.7. The summed E-state index contributed by atoms with van der Waals surface area (Å²) in [5, 5.41) is 9.30. The molecule has 0 amide bonds. The molecule has 0 atom stereocenters. The minimum Gasteiger partial charge on any atom is -0.475 e. The lowest BCUT2D eigenvalue weighted by Crippen LogP contribution is -2.49. The Kier molecular flexibility index (Phi) is 2.40. The highest BCUT2D eigenvalue weighted by atomic mass is 16.4. The fourth-order valence-corrected chi connectivity index (χ4v) is 5.97. The number of aromatic carboxylic acids is 1. The molecule has 108 valence electrons. The molecule has 1 N–H and O–H groups in total. The minimum atomic E-state index is -0.911. The number of aromatic nitrogens is 2. The Morgan fingerprint density at radius 2 is 1.70 bits per heavy atom. The van der Waals surface area contributed by atoms with Crippen molar-refractivity contribution >= 4 is 5.97 Å². The lowest BCUT2D eigenvalue weighted by Gasteiger charge is -2.57. The van der Waals surface area contributed by atoms with Gasteiger partial charge in [0.2, 0.25) is 5.82 Å². The summed E-state index contributed by atoms with van der Waals surface area (Å²) in [6, 6.07) is 0. The normalized spacial score (nSPS) is 38.4. The summed E-state index contributed by atoms with van der Waals surface area (Å²) in [6.07, 6.45) is 7.96. The van der Waals surface area contributed by atoms with E-state index in [1.54, 1.807) is 0 Å². The van der Waals surface area contributed by atoms with Crippen LogP contribution in [0.1, 0.15) is 60.5 Å². The third-order valence-corrected chi connectivity index (χ3v) is 6.00. The summed E-state index contributed by atoms with van der Waals surface area (Å²) in [5.74, 6) is 1.89. The number of rotatable bonds is 2. The maximum Gasteiger partial charge on any atom is 0.372 e. The van der Waals surface area contributed by atoms with Crippen molar-refractivity contribution in [2.45, 2.75) is 50.9 Å². The van der Waals surface area contributed by atoms with Crippen molar-refractivity contribution in [3.63, 3.8) is 0 Å². The zero-order valence-electron chi connectivity index (χ0n) is 12.2. The molecule has 4 saturated carbocycles. The predicted molar refractivity (Wildman–Crippen MR) is 74.8 cm³/mol. The highest BCUT2D eigenvalue weighted by Gasteiger charge is 2.53. The number of carbonyl (C=O) groups is 1. The van der Waals surface area contributed by atoms with Crippen LogP contribution in [0.3, 0.4) is 0 Å². The molecule has 20 heavy (non-hydrogen) atoms. The van der Waals surface area contributed by atoms with Gasteiger partial charge >= 0.3 is 5.97 Å². The van der Waals surface area contributed by atoms with Crippen LogP contribution in [0.4, 0.5) is 0 Å². The van der Waals surface area contributed by atoms with E-state index in [4.69, 9.17) is 0 Å². The van der Waals surface area contributed by atoms with Crippen molar-refractivity contribution in [1.29, 1.82) is 0 Å². The molecule has 0 unspecified atom stereocenters. The molecule has 0 radical (unpaired) electrons. The SMILES string of the molecule is Cc1nc(C(=O)O)n(C)c1C12CC3CC(CC(C3)C1)C2. The van der Waals surface area contributed by atoms with E-state index < -0.39 is 5.97 Å². The van der Waals surface area contributed by atoms with Crippen molar-refractivity contribution in [1.82, 2.24) is 9.55 Å². The topological polar surface area (TPSA) is 55.1 Å². The molecule has 4 aliphatic carbocycles. The molecular formula is C16H22N2O2. The third-order valence-electron chi connectivity index (χ3n) is 6.00. The fraction of sp³-hybridized carbons (Fsp3) is 0.750. The Bertz CT molecular complexity index is 552. The Balaban J connectivity index is 1.83. The Labute approximate surface area is 119 Å². The third kappa shape index (κ3) is 1.54. The van der Waals surface area contributed by atoms with Gasteiger partial charge in [-0.25, -0.2) is 9.78 Å². The molecule has 0 aromatic carbocycles. The van der Waals surface area contributed by atoms with Gasteiger partial charge in [-0.05, 0) is 63.2 Å². The molecule has 4 fully saturated rings. The van der Waals surface area contributed by atoms with Crippen LogP contribution in [0.2, 0.25) is 0 Å². The average Bonchev–Trinajstić information content (AvgIpc) is 2.63. The Morgan fingerprint density at radius 1 is 1.20 bits per heavy atom. The number of carboxylic acid groups (broad SMARTS) is 1. The van der Waals surface area contributed by atoms with Crippen molar-refractivity contribution in [2.75, 3.05) is 0 Å². The van der Waals surface area contributed by atoms with Crippen LogP contribution in [0.15, 0.2) is 0 Å². The number of nitrogens with zero attached hydrogens (tertiary/aromatic N) is 2. The molecule has 4 bridgehead atoms. The number of aryl methyl sites for hydroxylation is 1. The van der Waals surface area contributed by atoms with Gasteiger partial charge in [0.1, 0.15) is 0 Å². The van der Waals surface area contributed by atoms with Gasteiger partial charge in [-0.2, -0.15) is 0 Å². The number of hydrogen-bond donors (Lipinski definition) is 1. The van der Waals surface area contributed by atoms with Crippen LogP contribution in [0.25, 0.3) is 0 Å². The average molecular weight is 274 g/mol. The summed E-state index contributed by atoms with van der Waals surface area (Å²) in [7, 11) is 1.89. The molecule has 1 aromatic rings. The summed E-state index contributed by atoms with van der Waals surface area (Å²) >= 11 is 0. The van der Waals surface area contributed by atoms with Gasteiger partial charge in [-0.15, -0.1) is 0 Å². The molecule has 0 saturated heterocycles. The molecule has 1 aromatic heterocycles.